The van der Waals surface area contributed by atoms with Crippen molar-refractivity contribution in [3.63, 3.8) is 0 Å². The number of carbonyl (C=O) groups excluding carboxylic acids is 3. The van der Waals surface area contributed by atoms with Crippen molar-refractivity contribution < 1.29 is 19.1 Å². The normalized spacial score (nSPS) is 16.5. The molecule has 0 radical (unpaired) electrons. The highest BCUT2D eigenvalue weighted by Gasteiger charge is 2.37. The largest absolute Gasteiger partial charge is 0.489 e. The van der Waals surface area contributed by atoms with Crippen LogP contribution in [0.3, 0.4) is 0 Å². The topological polar surface area (TPSA) is 79.0 Å². The second-order valence-corrected chi connectivity index (χ2v) is 8.68. The number of fused-ring (bicyclic) bond motifs is 1. The Kier molecular flexibility index (Phi) is 7.40. The van der Waals surface area contributed by atoms with E-state index < -0.39 is 6.04 Å². The third-order valence-electron chi connectivity index (χ3n) is 6.46. The molecule has 2 amide bonds. The van der Waals surface area contributed by atoms with Crippen LogP contribution in [0.1, 0.15) is 52.7 Å². The molecule has 0 aromatic heterocycles. The molecule has 0 spiro atoms. The van der Waals surface area contributed by atoms with Gasteiger partial charge in [0.1, 0.15) is 24.7 Å². The van der Waals surface area contributed by atoms with Gasteiger partial charge < -0.3 is 19.7 Å². The number of hydrogen-bond donors (Lipinski definition) is 1. The van der Waals surface area contributed by atoms with Gasteiger partial charge in [0.25, 0.3) is 5.91 Å². The van der Waals surface area contributed by atoms with Crippen LogP contribution in [0.5, 0.6) is 5.75 Å². The van der Waals surface area contributed by atoms with Gasteiger partial charge in [-0.3, -0.25) is 14.5 Å². The summed E-state index contributed by atoms with van der Waals surface area (Å²) >= 11 is 0. The molecule has 2 aliphatic heterocycles. The number of benzene rings is 2. The number of likely N-dealkylation sites (N-methyl/N-ethyl adjacent to an activating group) is 1. The lowest BCUT2D eigenvalue weighted by atomic mass is 10.1. The summed E-state index contributed by atoms with van der Waals surface area (Å²) in [4.78, 5) is 40.3. The number of nitrogens with one attached hydrogen (secondary N) is 1. The number of amides is 2. The second kappa shape index (κ2) is 10.6. The van der Waals surface area contributed by atoms with Gasteiger partial charge in [-0.2, -0.15) is 0 Å². The van der Waals surface area contributed by atoms with Crippen LogP contribution in [0.2, 0.25) is 0 Å². The lowest BCUT2D eigenvalue weighted by molar-refractivity contribution is -0.125. The molecule has 1 saturated heterocycles. The quantitative estimate of drug-likeness (QED) is 0.565. The molecule has 7 nitrogen and oxygen atoms in total. The fraction of sp³-hybridized carbons (Fsp3) is 0.423. The third-order valence-corrected chi connectivity index (χ3v) is 6.46. The van der Waals surface area contributed by atoms with E-state index in [-0.39, 0.29) is 24.8 Å². The Morgan fingerprint density at radius 2 is 1.85 bits per heavy atom. The van der Waals surface area contributed by atoms with Crippen molar-refractivity contribution >= 4 is 18.1 Å². The Morgan fingerprint density at radius 1 is 1.12 bits per heavy atom. The van der Waals surface area contributed by atoms with Crippen molar-refractivity contribution in [1.29, 1.82) is 0 Å². The van der Waals surface area contributed by atoms with Crippen molar-refractivity contribution in [2.45, 2.75) is 51.4 Å². The van der Waals surface area contributed by atoms with Gasteiger partial charge in [-0.25, -0.2) is 0 Å². The maximum Gasteiger partial charge on any atom is 0.255 e. The number of likely N-dealkylation sites (tertiary alicyclic amines) is 1. The molecule has 0 saturated carbocycles. The van der Waals surface area contributed by atoms with Gasteiger partial charge in [-0.1, -0.05) is 30.3 Å². The number of carbonyl (C=O) groups is 3. The van der Waals surface area contributed by atoms with E-state index in [4.69, 9.17) is 4.74 Å². The smallest absolute Gasteiger partial charge is 0.255 e. The first-order valence-corrected chi connectivity index (χ1v) is 11.6. The highest BCUT2D eigenvalue weighted by molar-refractivity contribution is 6.01. The van der Waals surface area contributed by atoms with Gasteiger partial charge in [0.15, 0.2) is 0 Å². The van der Waals surface area contributed by atoms with Crippen molar-refractivity contribution in [3.05, 3.63) is 64.7 Å². The molecule has 174 valence electrons. The zero-order valence-corrected chi connectivity index (χ0v) is 19.1. The van der Waals surface area contributed by atoms with Gasteiger partial charge in [0, 0.05) is 31.1 Å². The molecule has 1 atom stereocenters. The van der Waals surface area contributed by atoms with Crippen LogP contribution in [0, 0.1) is 0 Å². The number of nitrogens with zero attached hydrogens (tertiary/aromatic N) is 2. The fourth-order valence-corrected chi connectivity index (χ4v) is 4.63. The highest BCUT2D eigenvalue weighted by atomic mass is 16.5. The predicted molar refractivity (Wildman–Crippen MR) is 125 cm³/mol. The summed E-state index contributed by atoms with van der Waals surface area (Å²) in [6.07, 6.45) is 3.86. The van der Waals surface area contributed by atoms with Gasteiger partial charge in [0.05, 0.1) is 6.54 Å². The van der Waals surface area contributed by atoms with Crippen molar-refractivity contribution in [2.75, 3.05) is 20.1 Å². The van der Waals surface area contributed by atoms with Gasteiger partial charge in [-0.05, 0) is 55.6 Å². The Labute approximate surface area is 194 Å². The Morgan fingerprint density at radius 3 is 2.55 bits per heavy atom. The van der Waals surface area contributed by atoms with Crippen LogP contribution >= 0.6 is 0 Å². The van der Waals surface area contributed by atoms with E-state index in [1.54, 1.807) is 12.1 Å². The number of aldehydes is 1. The highest BCUT2D eigenvalue weighted by Crippen LogP contribution is 2.33. The maximum atomic E-state index is 13.0. The number of rotatable bonds is 10. The molecular weight excluding hydrogens is 418 g/mol. The SMILES string of the molecule is CNC(=O)C(CCC=O)N1Cc2c(OCc3ccc(CN4CCCC4)cc3)cccc2C1=O. The summed E-state index contributed by atoms with van der Waals surface area (Å²) in [7, 11) is 1.54. The van der Waals surface area contributed by atoms with Crippen LogP contribution in [0.25, 0.3) is 0 Å². The molecular formula is C26H31N3O4. The molecule has 7 heteroatoms. The van der Waals surface area contributed by atoms with Gasteiger partial charge >= 0.3 is 0 Å². The van der Waals surface area contributed by atoms with Gasteiger partial charge in [0.2, 0.25) is 5.91 Å². The minimum Gasteiger partial charge on any atom is -0.489 e. The third kappa shape index (κ3) is 5.25. The lowest BCUT2D eigenvalue weighted by Gasteiger charge is -2.25. The summed E-state index contributed by atoms with van der Waals surface area (Å²) in [6, 6.07) is 13.2. The van der Waals surface area contributed by atoms with Crippen molar-refractivity contribution in [2.24, 2.45) is 0 Å². The summed E-state index contributed by atoms with van der Waals surface area (Å²) in [5, 5.41) is 2.60. The molecule has 4 rings (SSSR count). The summed E-state index contributed by atoms with van der Waals surface area (Å²) < 4.78 is 6.11. The van der Waals surface area contributed by atoms with E-state index in [9.17, 15) is 14.4 Å². The molecule has 33 heavy (non-hydrogen) atoms. The summed E-state index contributed by atoms with van der Waals surface area (Å²) in [5.74, 6) is 0.172. The van der Waals surface area contributed by atoms with Crippen LogP contribution in [0.15, 0.2) is 42.5 Å². The predicted octanol–water partition coefficient (Wildman–Crippen LogP) is 2.91. The average Bonchev–Trinajstić information content (AvgIpc) is 3.47. The van der Waals surface area contributed by atoms with Crippen LogP contribution in [-0.4, -0.2) is 54.1 Å². The Hall–Kier alpha value is -3.19. The fourth-order valence-electron chi connectivity index (χ4n) is 4.63. The van der Waals surface area contributed by atoms with E-state index in [1.807, 2.05) is 6.07 Å². The molecule has 0 aliphatic carbocycles. The Bertz CT molecular complexity index is 999. The number of ether oxygens (including phenoxy) is 1. The molecule has 1 N–H and O–H groups in total. The van der Waals surface area contributed by atoms with E-state index >= 15 is 0 Å². The standard InChI is InChI=1S/C26H31N3O4/c1-27-25(31)23(7-5-15-30)29-17-22-21(26(29)32)6-4-8-24(22)33-18-20-11-9-19(10-12-20)16-28-13-2-3-14-28/h4,6,8-12,15,23H,2-3,5,7,13-14,16-18H2,1H3,(H,27,31). The zero-order chi connectivity index (χ0) is 23.2. The first kappa shape index (κ1) is 23.0. The average molecular weight is 450 g/mol. The van der Waals surface area contributed by atoms with E-state index in [1.165, 1.54) is 43.4 Å². The Balaban J connectivity index is 1.43. The van der Waals surface area contributed by atoms with Crippen LogP contribution in [-0.2, 0) is 29.3 Å². The molecule has 2 aliphatic rings. The van der Waals surface area contributed by atoms with Crippen molar-refractivity contribution in [3.8, 4) is 5.75 Å². The first-order chi connectivity index (χ1) is 16.1. The lowest BCUT2D eigenvalue weighted by Crippen LogP contribution is -2.46. The molecule has 2 aromatic carbocycles. The molecule has 2 aromatic rings. The van der Waals surface area contributed by atoms with Gasteiger partial charge in [-0.15, -0.1) is 0 Å². The van der Waals surface area contributed by atoms with E-state index in [0.29, 0.717) is 24.3 Å². The molecule has 1 unspecified atom stereocenters. The van der Waals surface area contributed by atoms with E-state index in [0.717, 1.165) is 24.0 Å². The maximum absolute atomic E-state index is 13.0. The minimum atomic E-state index is -0.684. The van der Waals surface area contributed by atoms with E-state index in [2.05, 4.69) is 34.5 Å². The van der Waals surface area contributed by atoms with Crippen LogP contribution in [0.4, 0.5) is 0 Å². The zero-order valence-electron chi connectivity index (χ0n) is 19.1. The molecule has 2 heterocycles. The monoisotopic (exact) mass is 449 g/mol. The number of hydrogen-bond acceptors (Lipinski definition) is 5. The molecule has 0 bridgehead atoms. The second-order valence-electron chi connectivity index (χ2n) is 8.68. The van der Waals surface area contributed by atoms with Crippen molar-refractivity contribution in [1.82, 2.24) is 15.1 Å². The summed E-state index contributed by atoms with van der Waals surface area (Å²) in [5.41, 5.74) is 3.70. The van der Waals surface area contributed by atoms with Crippen LogP contribution < -0.4 is 10.1 Å². The molecule has 1 fully saturated rings. The minimum absolute atomic E-state index is 0.207. The summed E-state index contributed by atoms with van der Waals surface area (Å²) in [6.45, 7) is 4.03. The first-order valence-electron chi connectivity index (χ1n) is 11.6.